The van der Waals surface area contributed by atoms with E-state index >= 15 is 0 Å². The van der Waals surface area contributed by atoms with Crippen molar-refractivity contribution in [3.05, 3.63) is 162 Å². The highest BCUT2D eigenvalue weighted by molar-refractivity contribution is 8.14. The Morgan fingerprint density at radius 2 is 1.16 bits per heavy atom. The first-order valence-corrected chi connectivity index (χ1v) is 15.3. The van der Waals surface area contributed by atoms with Crippen LogP contribution in [-0.4, -0.2) is 30.7 Å². The molecule has 1 atom stereocenters. The molecule has 0 unspecified atom stereocenters. The molecule has 0 aliphatic rings. The van der Waals surface area contributed by atoms with Crippen molar-refractivity contribution < 1.29 is 19.0 Å². The van der Waals surface area contributed by atoms with Crippen LogP contribution in [0.1, 0.15) is 29.2 Å². The molecule has 5 aromatic carbocycles. The van der Waals surface area contributed by atoms with Crippen LogP contribution in [0.25, 0.3) is 11.1 Å². The SMILES string of the molecule is COc1ccc(C(OC[C@@H](COCc2ccc(-c3ccccc3)cc2)SC(C)=O)(c2ccccc2)c2ccccc2)cc1. The van der Waals surface area contributed by atoms with E-state index in [0.717, 1.165) is 28.0 Å². The average molecular weight is 589 g/mol. The molecule has 0 saturated carbocycles. The topological polar surface area (TPSA) is 44.8 Å². The first-order chi connectivity index (χ1) is 21.1. The third kappa shape index (κ3) is 7.63. The first kappa shape index (κ1) is 30.3. The number of methoxy groups -OCH3 is 1. The zero-order valence-electron chi connectivity index (χ0n) is 24.5. The lowest BCUT2D eigenvalue weighted by Crippen LogP contribution is -2.36. The van der Waals surface area contributed by atoms with E-state index in [-0.39, 0.29) is 10.4 Å². The fourth-order valence-electron chi connectivity index (χ4n) is 5.22. The van der Waals surface area contributed by atoms with Crippen molar-refractivity contribution in [1.29, 1.82) is 0 Å². The summed E-state index contributed by atoms with van der Waals surface area (Å²) in [4.78, 5) is 12.3. The van der Waals surface area contributed by atoms with E-state index in [2.05, 4.69) is 60.7 Å². The van der Waals surface area contributed by atoms with Gasteiger partial charge in [-0.1, -0.05) is 139 Å². The van der Waals surface area contributed by atoms with Crippen molar-refractivity contribution in [2.45, 2.75) is 24.4 Å². The van der Waals surface area contributed by atoms with E-state index in [1.54, 1.807) is 14.0 Å². The van der Waals surface area contributed by atoms with E-state index in [1.807, 2.05) is 78.9 Å². The molecular weight excluding hydrogens is 552 g/mol. The van der Waals surface area contributed by atoms with Gasteiger partial charge < -0.3 is 14.2 Å². The van der Waals surface area contributed by atoms with E-state index < -0.39 is 5.60 Å². The number of hydrogen-bond donors (Lipinski definition) is 0. The van der Waals surface area contributed by atoms with Crippen molar-refractivity contribution >= 4 is 16.9 Å². The average Bonchev–Trinajstić information content (AvgIpc) is 3.06. The number of rotatable bonds is 13. The number of ether oxygens (including phenoxy) is 3. The van der Waals surface area contributed by atoms with E-state index in [9.17, 15) is 4.79 Å². The standard InChI is InChI=1S/C38H36O4S/c1-29(39)43-37(27-41-26-30-18-20-32(21-19-30)31-12-6-3-7-13-31)28-42-38(33-14-8-4-9-15-33,34-16-10-5-11-17-34)35-22-24-36(40-2)25-23-35/h3-25,37H,26-28H2,1-2H3/t37-/m1/s1. The molecular formula is C38H36O4S. The predicted octanol–water partition coefficient (Wildman–Crippen LogP) is 8.54. The number of carbonyl (C=O) groups excluding carboxylic acids is 1. The normalized spacial score (nSPS) is 12.0. The highest BCUT2D eigenvalue weighted by Gasteiger charge is 2.38. The molecule has 0 heterocycles. The third-order valence-electron chi connectivity index (χ3n) is 7.31. The smallest absolute Gasteiger partial charge is 0.186 e. The van der Waals surface area contributed by atoms with Gasteiger partial charge in [-0.3, -0.25) is 4.79 Å². The van der Waals surface area contributed by atoms with Gasteiger partial charge >= 0.3 is 0 Å². The highest BCUT2D eigenvalue weighted by atomic mass is 32.2. The van der Waals surface area contributed by atoms with Crippen LogP contribution >= 0.6 is 11.8 Å². The Labute approximate surface area is 258 Å². The lowest BCUT2D eigenvalue weighted by molar-refractivity contribution is -0.109. The molecule has 0 fully saturated rings. The number of thioether (sulfide) groups is 1. The van der Waals surface area contributed by atoms with E-state index in [1.165, 1.54) is 22.9 Å². The number of benzene rings is 5. The Kier molecular flexibility index (Phi) is 10.5. The van der Waals surface area contributed by atoms with Crippen molar-refractivity contribution in [2.24, 2.45) is 0 Å². The van der Waals surface area contributed by atoms with Gasteiger partial charge in [-0.25, -0.2) is 0 Å². The minimum absolute atomic E-state index is 0.0267. The monoisotopic (exact) mass is 588 g/mol. The summed E-state index contributed by atoms with van der Waals surface area (Å²) in [6.45, 7) is 2.70. The maximum absolute atomic E-state index is 12.3. The van der Waals surface area contributed by atoms with Gasteiger partial charge in [0, 0.05) is 6.92 Å². The van der Waals surface area contributed by atoms with Gasteiger partial charge in [0.2, 0.25) is 0 Å². The molecule has 0 aliphatic carbocycles. The molecule has 5 heteroatoms. The van der Waals surface area contributed by atoms with Gasteiger partial charge in [0.25, 0.3) is 0 Å². The summed E-state index contributed by atoms with van der Waals surface area (Å²) < 4.78 is 18.6. The van der Waals surface area contributed by atoms with Crippen molar-refractivity contribution in [3.8, 4) is 16.9 Å². The second-order valence-electron chi connectivity index (χ2n) is 10.3. The zero-order valence-corrected chi connectivity index (χ0v) is 25.3. The predicted molar refractivity (Wildman–Crippen MR) is 175 cm³/mol. The Bertz CT molecular complexity index is 1510. The molecule has 0 spiro atoms. The van der Waals surface area contributed by atoms with E-state index in [4.69, 9.17) is 14.2 Å². The number of hydrogen-bond acceptors (Lipinski definition) is 5. The fraction of sp³-hybridized carbons (Fsp3) is 0.184. The van der Waals surface area contributed by atoms with Crippen molar-refractivity contribution in [3.63, 3.8) is 0 Å². The van der Waals surface area contributed by atoms with Gasteiger partial charge in [0.1, 0.15) is 11.4 Å². The molecule has 5 aromatic rings. The molecule has 4 nitrogen and oxygen atoms in total. The molecule has 0 aliphatic heterocycles. The minimum atomic E-state index is -0.905. The van der Waals surface area contributed by atoms with Crippen LogP contribution in [-0.2, 0) is 26.5 Å². The Hall–Kier alpha value is -4.16. The Morgan fingerprint density at radius 3 is 1.70 bits per heavy atom. The maximum Gasteiger partial charge on any atom is 0.186 e. The zero-order chi connectivity index (χ0) is 29.9. The Balaban J connectivity index is 1.37. The summed E-state index contributed by atoms with van der Waals surface area (Å²) in [7, 11) is 1.66. The van der Waals surface area contributed by atoms with Crippen LogP contribution in [0.15, 0.2) is 140 Å². The Morgan fingerprint density at radius 1 is 0.651 bits per heavy atom. The van der Waals surface area contributed by atoms with Crippen molar-refractivity contribution in [2.75, 3.05) is 20.3 Å². The molecule has 0 radical (unpaired) electrons. The summed E-state index contributed by atoms with van der Waals surface area (Å²) in [5, 5.41) is -0.176. The summed E-state index contributed by atoms with van der Waals surface area (Å²) in [5.74, 6) is 0.772. The van der Waals surface area contributed by atoms with Gasteiger partial charge in [-0.05, 0) is 45.5 Å². The van der Waals surface area contributed by atoms with Crippen molar-refractivity contribution in [1.82, 2.24) is 0 Å². The van der Waals surface area contributed by atoms with Crippen LogP contribution in [0.3, 0.4) is 0 Å². The molecule has 5 rings (SSSR count). The molecule has 0 saturated heterocycles. The molecule has 0 aromatic heterocycles. The minimum Gasteiger partial charge on any atom is -0.497 e. The summed E-state index contributed by atoms with van der Waals surface area (Å²) in [6.07, 6.45) is 0. The van der Waals surface area contributed by atoms with Crippen LogP contribution in [0.2, 0.25) is 0 Å². The summed E-state index contributed by atoms with van der Waals surface area (Å²) in [6, 6.07) is 47.1. The molecule has 218 valence electrons. The molecule has 43 heavy (non-hydrogen) atoms. The lowest BCUT2D eigenvalue weighted by Gasteiger charge is -2.37. The van der Waals surface area contributed by atoms with Crippen LogP contribution < -0.4 is 4.74 Å². The van der Waals surface area contributed by atoms with Gasteiger partial charge in [-0.2, -0.15) is 0 Å². The fourth-order valence-corrected chi connectivity index (χ4v) is 5.99. The third-order valence-corrected chi connectivity index (χ3v) is 8.25. The van der Waals surface area contributed by atoms with E-state index in [0.29, 0.717) is 19.8 Å². The quantitative estimate of drug-likeness (QED) is 0.129. The largest absolute Gasteiger partial charge is 0.497 e. The van der Waals surface area contributed by atoms with Gasteiger partial charge in [0.05, 0.1) is 32.2 Å². The molecule has 0 amide bonds. The second kappa shape index (κ2) is 14.8. The van der Waals surface area contributed by atoms with Gasteiger partial charge in [0.15, 0.2) is 5.12 Å². The first-order valence-electron chi connectivity index (χ1n) is 14.4. The molecule has 0 N–H and O–H groups in total. The summed E-state index contributed by atoms with van der Waals surface area (Å²) >= 11 is 1.26. The van der Waals surface area contributed by atoms with Crippen LogP contribution in [0, 0.1) is 0 Å². The second-order valence-corrected chi connectivity index (χ2v) is 11.7. The number of carbonyl (C=O) groups is 1. The lowest BCUT2D eigenvalue weighted by atomic mass is 9.80. The highest BCUT2D eigenvalue weighted by Crippen LogP contribution is 2.41. The van der Waals surface area contributed by atoms with Crippen LogP contribution in [0.5, 0.6) is 5.75 Å². The van der Waals surface area contributed by atoms with Gasteiger partial charge in [-0.15, -0.1) is 0 Å². The van der Waals surface area contributed by atoms with Crippen LogP contribution in [0.4, 0.5) is 0 Å². The summed E-state index contributed by atoms with van der Waals surface area (Å²) in [5.41, 5.74) is 5.49. The molecule has 0 bridgehead atoms. The maximum atomic E-state index is 12.3.